The maximum Gasteiger partial charge on any atom is 0.573 e. The minimum Gasteiger partial charge on any atom is -0.446 e. The Morgan fingerprint density at radius 1 is 1.21 bits per heavy atom. The van der Waals surface area contributed by atoms with E-state index in [4.69, 9.17) is 9.84 Å². The molecule has 3 rings (SSSR count). The molecule has 1 aliphatic carbocycles. The van der Waals surface area contributed by atoms with Crippen LogP contribution in [0.15, 0.2) is 24.3 Å². The van der Waals surface area contributed by atoms with Crippen LogP contribution in [0, 0.1) is 5.41 Å². The van der Waals surface area contributed by atoms with Gasteiger partial charge < -0.3 is 24.8 Å². The number of amides is 2. The number of rotatable bonds is 5. The van der Waals surface area contributed by atoms with E-state index in [0.717, 1.165) is 0 Å². The second kappa shape index (κ2) is 8.48. The van der Waals surface area contributed by atoms with Crippen LogP contribution in [0.2, 0.25) is 0 Å². The standard InChI is InChI=1S/C19H23F3N2O5/c20-19(21,22)29-15-3-1-13(2-4-15)24-11-9-18(16(24)26)7-5-14(6-8-18)28-17(27)23-10-12-25/h1-4,14,25H,5-12H2,(H,23,27). The number of carbonyl (C=O) groups excluding carboxylic acids is 2. The highest BCUT2D eigenvalue weighted by Crippen LogP contribution is 2.46. The molecule has 7 nitrogen and oxygen atoms in total. The molecule has 2 aliphatic rings. The highest BCUT2D eigenvalue weighted by Gasteiger charge is 2.49. The van der Waals surface area contributed by atoms with Crippen molar-refractivity contribution in [3.05, 3.63) is 24.3 Å². The van der Waals surface area contributed by atoms with E-state index in [1.54, 1.807) is 4.90 Å². The van der Waals surface area contributed by atoms with Crippen LogP contribution in [0.5, 0.6) is 5.75 Å². The Kier molecular flexibility index (Phi) is 6.21. The fourth-order valence-corrected chi connectivity index (χ4v) is 3.97. The Balaban J connectivity index is 1.57. The van der Waals surface area contributed by atoms with Crippen LogP contribution in [0.4, 0.5) is 23.7 Å². The lowest BCUT2D eigenvalue weighted by Crippen LogP contribution is -2.40. The van der Waals surface area contributed by atoms with Crippen LogP contribution in [-0.4, -0.2) is 49.3 Å². The van der Waals surface area contributed by atoms with Gasteiger partial charge >= 0.3 is 12.5 Å². The molecule has 0 radical (unpaired) electrons. The van der Waals surface area contributed by atoms with Crippen LogP contribution in [0.3, 0.4) is 0 Å². The first-order valence-corrected chi connectivity index (χ1v) is 9.46. The molecule has 1 heterocycles. The van der Waals surface area contributed by atoms with E-state index in [9.17, 15) is 22.8 Å². The summed E-state index contributed by atoms with van der Waals surface area (Å²) >= 11 is 0. The van der Waals surface area contributed by atoms with Gasteiger partial charge in [-0.05, 0) is 56.4 Å². The average molecular weight is 416 g/mol. The van der Waals surface area contributed by atoms with E-state index in [1.165, 1.54) is 24.3 Å². The van der Waals surface area contributed by atoms with E-state index in [0.29, 0.717) is 44.3 Å². The van der Waals surface area contributed by atoms with Crippen LogP contribution < -0.4 is 15.0 Å². The van der Waals surface area contributed by atoms with Gasteiger partial charge in [-0.3, -0.25) is 4.79 Å². The first kappa shape index (κ1) is 21.2. The van der Waals surface area contributed by atoms with Gasteiger partial charge in [-0.25, -0.2) is 4.79 Å². The van der Waals surface area contributed by atoms with E-state index >= 15 is 0 Å². The van der Waals surface area contributed by atoms with Crippen molar-refractivity contribution in [2.45, 2.75) is 44.6 Å². The van der Waals surface area contributed by atoms with Gasteiger partial charge in [-0.1, -0.05) is 0 Å². The van der Waals surface area contributed by atoms with E-state index < -0.39 is 17.9 Å². The fourth-order valence-electron chi connectivity index (χ4n) is 3.97. The molecular formula is C19H23F3N2O5. The second-order valence-electron chi connectivity index (χ2n) is 7.28. The molecule has 2 fully saturated rings. The smallest absolute Gasteiger partial charge is 0.446 e. The second-order valence-corrected chi connectivity index (χ2v) is 7.28. The normalized spacial score (nSPS) is 24.6. The number of hydrogen-bond acceptors (Lipinski definition) is 5. The summed E-state index contributed by atoms with van der Waals surface area (Å²) in [5.41, 5.74) is 0.00548. The van der Waals surface area contributed by atoms with Crippen LogP contribution in [-0.2, 0) is 9.53 Å². The van der Waals surface area contributed by atoms with Crippen LogP contribution in [0.25, 0.3) is 0 Å². The predicted octanol–water partition coefficient (Wildman–Crippen LogP) is 2.97. The van der Waals surface area contributed by atoms with Crippen molar-refractivity contribution in [1.29, 1.82) is 0 Å². The van der Waals surface area contributed by atoms with Crippen molar-refractivity contribution in [1.82, 2.24) is 5.32 Å². The number of benzene rings is 1. The van der Waals surface area contributed by atoms with Crippen LogP contribution in [0.1, 0.15) is 32.1 Å². The molecule has 160 valence electrons. The first-order chi connectivity index (χ1) is 13.7. The maximum absolute atomic E-state index is 13.0. The van der Waals surface area contributed by atoms with Crippen molar-refractivity contribution in [2.24, 2.45) is 5.41 Å². The van der Waals surface area contributed by atoms with Gasteiger partial charge in [0, 0.05) is 18.8 Å². The highest BCUT2D eigenvalue weighted by molar-refractivity contribution is 6.00. The van der Waals surface area contributed by atoms with Crippen LogP contribution >= 0.6 is 0 Å². The Hall–Kier alpha value is -2.49. The minimum atomic E-state index is -4.76. The van der Waals surface area contributed by atoms with Crippen molar-refractivity contribution in [3.8, 4) is 5.75 Å². The van der Waals surface area contributed by atoms with E-state index in [1.807, 2.05) is 0 Å². The quantitative estimate of drug-likeness (QED) is 0.771. The van der Waals surface area contributed by atoms with Gasteiger partial charge in [0.25, 0.3) is 0 Å². The molecule has 1 aliphatic heterocycles. The third kappa shape index (κ3) is 5.11. The molecule has 0 atom stereocenters. The Labute approximate surface area is 165 Å². The number of anilines is 1. The molecule has 2 amide bonds. The molecule has 1 saturated carbocycles. The zero-order valence-corrected chi connectivity index (χ0v) is 15.7. The molecule has 10 heteroatoms. The number of aliphatic hydroxyl groups is 1. The number of nitrogens with one attached hydrogen (secondary N) is 1. The number of carbonyl (C=O) groups is 2. The molecule has 0 bridgehead atoms. The zero-order chi connectivity index (χ0) is 21.1. The summed E-state index contributed by atoms with van der Waals surface area (Å²) in [5.74, 6) is -0.384. The lowest BCUT2D eigenvalue weighted by atomic mass is 9.72. The number of hydrogen-bond donors (Lipinski definition) is 2. The Morgan fingerprint density at radius 3 is 2.45 bits per heavy atom. The van der Waals surface area contributed by atoms with Gasteiger partial charge in [0.1, 0.15) is 11.9 Å². The van der Waals surface area contributed by atoms with Gasteiger partial charge in [0.2, 0.25) is 5.91 Å². The third-order valence-corrected chi connectivity index (χ3v) is 5.44. The predicted molar refractivity (Wildman–Crippen MR) is 96.4 cm³/mol. The number of alkyl halides is 3. The van der Waals surface area contributed by atoms with Gasteiger partial charge in [-0.2, -0.15) is 0 Å². The molecule has 1 spiro atoms. The molecule has 0 unspecified atom stereocenters. The summed E-state index contributed by atoms with van der Waals surface area (Å²) in [7, 11) is 0. The monoisotopic (exact) mass is 416 g/mol. The van der Waals surface area contributed by atoms with E-state index in [2.05, 4.69) is 10.1 Å². The largest absolute Gasteiger partial charge is 0.573 e. The lowest BCUT2D eigenvalue weighted by molar-refractivity contribution is -0.274. The summed E-state index contributed by atoms with van der Waals surface area (Å²) in [6.07, 6.45) is -2.69. The fraction of sp³-hybridized carbons (Fsp3) is 0.579. The van der Waals surface area contributed by atoms with Gasteiger partial charge in [0.15, 0.2) is 0 Å². The maximum atomic E-state index is 13.0. The summed E-state index contributed by atoms with van der Waals surface area (Å²) in [6.45, 7) is 0.438. The van der Waals surface area contributed by atoms with Crippen molar-refractivity contribution in [3.63, 3.8) is 0 Å². The summed E-state index contributed by atoms with van der Waals surface area (Å²) < 4.78 is 46.0. The summed E-state index contributed by atoms with van der Waals surface area (Å²) in [5, 5.41) is 11.1. The van der Waals surface area contributed by atoms with Gasteiger partial charge in [-0.15, -0.1) is 13.2 Å². The molecule has 29 heavy (non-hydrogen) atoms. The number of aliphatic hydroxyl groups excluding tert-OH is 1. The lowest BCUT2D eigenvalue weighted by Gasteiger charge is -2.35. The number of nitrogens with zero attached hydrogens (tertiary/aromatic N) is 1. The van der Waals surface area contributed by atoms with E-state index in [-0.39, 0.29) is 30.9 Å². The summed E-state index contributed by atoms with van der Waals surface area (Å²) in [6, 6.07) is 5.27. The molecule has 1 aromatic rings. The Morgan fingerprint density at radius 2 is 1.86 bits per heavy atom. The minimum absolute atomic E-state index is 0.0508. The molecular weight excluding hydrogens is 393 g/mol. The molecule has 0 aromatic heterocycles. The highest BCUT2D eigenvalue weighted by atomic mass is 19.4. The van der Waals surface area contributed by atoms with Crippen molar-refractivity contribution < 1.29 is 37.3 Å². The Bertz CT molecular complexity index is 730. The topological polar surface area (TPSA) is 88.1 Å². The number of halogens is 3. The molecule has 2 N–H and O–H groups in total. The van der Waals surface area contributed by atoms with Gasteiger partial charge in [0.05, 0.1) is 12.0 Å². The summed E-state index contributed by atoms with van der Waals surface area (Å²) in [4.78, 5) is 26.2. The third-order valence-electron chi connectivity index (χ3n) is 5.44. The number of ether oxygens (including phenoxy) is 2. The zero-order valence-electron chi connectivity index (χ0n) is 15.7. The average Bonchev–Trinajstić information content (AvgIpc) is 2.98. The molecule has 1 aromatic carbocycles. The van der Waals surface area contributed by atoms with Crippen molar-refractivity contribution >= 4 is 17.7 Å². The first-order valence-electron chi connectivity index (χ1n) is 9.46. The SMILES string of the molecule is O=C(NCCO)OC1CCC2(CC1)CCN(c1ccc(OC(F)(F)F)cc1)C2=O. The number of alkyl carbamates (subject to hydrolysis) is 1. The van der Waals surface area contributed by atoms with Crippen molar-refractivity contribution in [2.75, 3.05) is 24.6 Å². The molecule has 1 saturated heterocycles.